The van der Waals surface area contributed by atoms with Gasteiger partial charge in [0.1, 0.15) is 11.4 Å². The van der Waals surface area contributed by atoms with Gasteiger partial charge < -0.3 is 14.6 Å². The molecule has 7 nitrogen and oxygen atoms in total. The van der Waals surface area contributed by atoms with Crippen molar-refractivity contribution in [3.63, 3.8) is 0 Å². The second kappa shape index (κ2) is 6.21. The van der Waals surface area contributed by atoms with Gasteiger partial charge in [-0.1, -0.05) is 0 Å². The lowest BCUT2D eigenvalue weighted by Crippen LogP contribution is -2.10. The fourth-order valence-corrected chi connectivity index (χ4v) is 1.96. The minimum absolute atomic E-state index is 0.0963. The van der Waals surface area contributed by atoms with E-state index in [0.717, 1.165) is 11.8 Å². The topological polar surface area (TPSA) is 82.2 Å². The van der Waals surface area contributed by atoms with E-state index in [-0.39, 0.29) is 11.4 Å². The molecule has 1 aromatic carbocycles. The predicted molar refractivity (Wildman–Crippen MR) is 75.0 cm³/mol. The molecule has 0 aliphatic heterocycles. The second-order valence-electron chi connectivity index (χ2n) is 4.44. The number of hydrogen-bond acceptors (Lipinski definition) is 5. The predicted octanol–water partition coefficient (Wildman–Crippen LogP) is 2.13. The molecule has 0 spiro atoms. The number of nitro benzene ring substituents is 1. The van der Waals surface area contributed by atoms with E-state index in [1.54, 1.807) is 12.5 Å². The van der Waals surface area contributed by atoms with Gasteiger partial charge in [0.05, 0.1) is 18.4 Å². The van der Waals surface area contributed by atoms with Gasteiger partial charge >= 0.3 is 5.69 Å². The number of nitrogens with zero attached hydrogens (tertiary/aromatic N) is 3. The van der Waals surface area contributed by atoms with Crippen molar-refractivity contribution < 1.29 is 14.1 Å². The Morgan fingerprint density at radius 2 is 2.29 bits per heavy atom. The number of nitro groups is 1. The van der Waals surface area contributed by atoms with Crippen molar-refractivity contribution in [3.05, 3.63) is 46.3 Å². The standard InChI is InChI=1S/C13H15FN4O3/c1-17-8-15-7-9(17)3-4-16-12-6-10(21-2)5-11(14)13(12)18(19)20/h5-8,16H,3-4H2,1-2H3. The van der Waals surface area contributed by atoms with Crippen molar-refractivity contribution >= 4 is 11.4 Å². The summed E-state index contributed by atoms with van der Waals surface area (Å²) in [6.07, 6.45) is 3.98. The summed E-state index contributed by atoms with van der Waals surface area (Å²) in [5, 5.41) is 13.8. The zero-order valence-electron chi connectivity index (χ0n) is 11.7. The molecule has 0 unspecified atom stereocenters. The number of aromatic nitrogens is 2. The SMILES string of the molecule is COc1cc(F)c([N+](=O)[O-])c(NCCc2cncn2C)c1. The fourth-order valence-electron chi connectivity index (χ4n) is 1.96. The Morgan fingerprint density at radius 1 is 1.52 bits per heavy atom. The monoisotopic (exact) mass is 294 g/mol. The van der Waals surface area contributed by atoms with E-state index in [9.17, 15) is 14.5 Å². The van der Waals surface area contributed by atoms with Crippen molar-refractivity contribution in [2.24, 2.45) is 7.05 Å². The maximum atomic E-state index is 13.7. The number of nitrogens with one attached hydrogen (secondary N) is 1. The largest absolute Gasteiger partial charge is 0.497 e. The van der Waals surface area contributed by atoms with Gasteiger partial charge in [0, 0.05) is 44.0 Å². The molecule has 1 heterocycles. The normalized spacial score (nSPS) is 10.4. The molecule has 0 saturated heterocycles. The van der Waals surface area contributed by atoms with Crippen molar-refractivity contribution in [3.8, 4) is 5.75 Å². The first kappa shape index (κ1) is 14.8. The lowest BCUT2D eigenvalue weighted by atomic mass is 10.2. The third-order valence-corrected chi connectivity index (χ3v) is 3.07. The highest BCUT2D eigenvalue weighted by Crippen LogP contribution is 2.32. The molecule has 0 amide bonds. The van der Waals surface area contributed by atoms with Crippen LogP contribution in [0.15, 0.2) is 24.7 Å². The van der Waals surface area contributed by atoms with Gasteiger partial charge in [-0.3, -0.25) is 10.1 Å². The Hall–Kier alpha value is -2.64. The van der Waals surface area contributed by atoms with E-state index < -0.39 is 16.4 Å². The van der Waals surface area contributed by atoms with Crippen LogP contribution in [0.25, 0.3) is 0 Å². The zero-order chi connectivity index (χ0) is 15.4. The Kier molecular flexibility index (Phi) is 4.36. The third-order valence-electron chi connectivity index (χ3n) is 3.07. The van der Waals surface area contributed by atoms with Gasteiger partial charge in [0.2, 0.25) is 5.82 Å². The molecule has 0 atom stereocenters. The smallest absolute Gasteiger partial charge is 0.327 e. The van der Waals surface area contributed by atoms with Gasteiger partial charge in [0.25, 0.3) is 0 Å². The Bertz CT molecular complexity index is 657. The minimum Gasteiger partial charge on any atom is -0.497 e. The molecule has 1 aromatic heterocycles. The lowest BCUT2D eigenvalue weighted by Gasteiger charge is -2.10. The van der Waals surface area contributed by atoms with Crippen LogP contribution in [0.5, 0.6) is 5.75 Å². The second-order valence-corrected chi connectivity index (χ2v) is 4.44. The molecule has 2 rings (SSSR count). The first-order valence-electron chi connectivity index (χ1n) is 6.24. The molecule has 1 N–H and O–H groups in total. The highest BCUT2D eigenvalue weighted by Gasteiger charge is 2.22. The molecule has 0 bridgehead atoms. The van der Waals surface area contributed by atoms with Gasteiger partial charge in [0.15, 0.2) is 0 Å². The van der Waals surface area contributed by atoms with Crippen LogP contribution in [0.3, 0.4) is 0 Å². The summed E-state index contributed by atoms with van der Waals surface area (Å²) in [6, 6.07) is 2.40. The number of rotatable bonds is 6. The summed E-state index contributed by atoms with van der Waals surface area (Å²) in [6.45, 7) is 0.410. The number of aryl methyl sites for hydroxylation is 1. The molecule has 0 fully saturated rings. The summed E-state index contributed by atoms with van der Waals surface area (Å²) >= 11 is 0. The van der Waals surface area contributed by atoms with Crippen LogP contribution in [0, 0.1) is 15.9 Å². The molecule has 112 valence electrons. The van der Waals surface area contributed by atoms with Crippen molar-refractivity contribution in [2.45, 2.75) is 6.42 Å². The number of methoxy groups -OCH3 is 1. The molecule has 0 aliphatic rings. The van der Waals surface area contributed by atoms with Crippen LogP contribution >= 0.6 is 0 Å². The first-order chi connectivity index (χ1) is 10.0. The fraction of sp³-hybridized carbons (Fsp3) is 0.308. The maximum Gasteiger partial charge on any atom is 0.327 e. The van der Waals surface area contributed by atoms with Gasteiger partial charge in [-0.2, -0.15) is 4.39 Å². The maximum absolute atomic E-state index is 13.7. The summed E-state index contributed by atoms with van der Waals surface area (Å²) in [4.78, 5) is 14.2. The van der Waals surface area contributed by atoms with Crippen molar-refractivity contribution in [2.75, 3.05) is 19.0 Å². The summed E-state index contributed by atoms with van der Waals surface area (Å²) in [5.74, 6) is -0.705. The average Bonchev–Trinajstić information content (AvgIpc) is 2.83. The van der Waals surface area contributed by atoms with E-state index in [1.807, 2.05) is 11.6 Å². The van der Waals surface area contributed by atoms with E-state index in [2.05, 4.69) is 10.3 Å². The summed E-state index contributed by atoms with van der Waals surface area (Å²) in [7, 11) is 3.23. The number of anilines is 1. The molecule has 21 heavy (non-hydrogen) atoms. The number of imidazole rings is 1. The molecular formula is C13H15FN4O3. The van der Waals surface area contributed by atoms with Crippen molar-refractivity contribution in [1.29, 1.82) is 0 Å². The molecule has 0 radical (unpaired) electrons. The number of hydrogen-bond donors (Lipinski definition) is 1. The molecule has 2 aromatic rings. The van der Waals surface area contributed by atoms with Gasteiger partial charge in [-0.05, 0) is 0 Å². The minimum atomic E-state index is -0.928. The lowest BCUT2D eigenvalue weighted by molar-refractivity contribution is -0.386. The van der Waals surface area contributed by atoms with Gasteiger partial charge in [-0.15, -0.1) is 0 Å². The van der Waals surface area contributed by atoms with Crippen LogP contribution in [-0.4, -0.2) is 28.1 Å². The molecular weight excluding hydrogens is 279 g/mol. The third kappa shape index (κ3) is 3.28. The van der Waals surface area contributed by atoms with E-state index >= 15 is 0 Å². The summed E-state index contributed by atoms with van der Waals surface area (Å²) < 4.78 is 20.5. The Labute approximate surface area is 120 Å². The highest BCUT2D eigenvalue weighted by molar-refractivity contribution is 5.65. The number of benzene rings is 1. The summed E-state index contributed by atoms with van der Waals surface area (Å²) in [5.41, 5.74) is 0.480. The van der Waals surface area contributed by atoms with E-state index in [1.165, 1.54) is 13.2 Å². The molecule has 8 heteroatoms. The van der Waals surface area contributed by atoms with Crippen LogP contribution < -0.4 is 10.1 Å². The van der Waals surface area contributed by atoms with E-state index in [4.69, 9.17) is 4.74 Å². The highest BCUT2D eigenvalue weighted by atomic mass is 19.1. The Balaban J connectivity index is 2.16. The van der Waals surface area contributed by atoms with Crippen LogP contribution in [0.2, 0.25) is 0 Å². The van der Waals surface area contributed by atoms with E-state index in [0.29, 0.717) is 13.0 Å². The van der Waals surface area contributed by atoms with Crippen LogP contribution in [0.1, 0.15) is 5.69 Å². The number of ether oxygens (including phenoxy) is 1. The zero-order valence-corrected chi connectivity index (χ0v) is 11.7. The van der Waals surface area contributed by atoms with Crippen LogP contribution in [-0.2, 0) is 13.5 Å². The van der Waals surface area contributed by atoms with Gasteiger partial charge in [-0.25, -0.2) is 4.98 Å². The number of halogens is 1. The quantitative estimate of drug-likeness (QED) is 0.652. The first-order valence-corrected chi connectivity index (χ1v) is 6.24. The molecule has 0 saturated carbocycles. The average molecular weight is 294 g/mol. The van der Waals surface area contributed by atoms with Crippen molar-refractivity contribution in [1.82, 2.24) is 9.55 Å². The Morgan fingerprint density at radius 3 is 2.86 bits per heavy atom. The van der Waals surface area contributed by atoms with Crippen LogP contribution in [0.4, 0.5) is 15.8 Å². The molecule has 0 aliphatic carbocycles.